The van der Waals surface area contributed by atoms with Gasteiger partial charge in [0.1, 0.15) is 17.5 Å². The molecule has 3 atom stereocenters. The van der Waals surface area contributed by atoms with E-state index in [9.17, 15) is 22.8 Å². The summed E-state index contributed by atoms with van der Waals surface area (Å²) < 4.78 is 46.6. The van der Waals surface area contributed by atoms with Gasteiger partial charge in [0.05, 0.1) is 11.6 Å². The molecule has 2 aliphatic rings. The summed E-state index contributed by atoms with van der Waals surface area (Å²) in [6, 6.07) is 7.61. The zero-order chi connectivity index (χ0) is 23.8. The fourth-order valence-electron chi connectivity index (χ4n) is 4.50. The highest BCUT2D eigenvalue weighted by Crippen LogP contribution is 2.27. The van der Waals surface area contributed by atoms with Crippen molar-refractivity contribution in [2.75, 3.05) is 13.1 Å². The van der Waals surface area contributed by atoms with Crippen LogP contribution >= 0.6 is 0 Å². The summed E-state index contributed by atoms with van der Waals surface area (Å²) in [5.74, 6) is -2.59. The smallest absolute Gasteiger partial charge is 0.251 e. The number of amides is 2. The molecule has 2 aliphatic heterocycles. The largest absolute Gasteiger partial charge is 0.421 e. The Morgan fingerprint density at radius 2 is 1.91 bits per heavy atom. The van der Waals surface area contributed by atoms with Gasteiger partial charge in [-0.05, 0) is 30.7 Å². The van der Waals surface area contributed by atoms with Crippen molar-refractivity contribution >= 4 is 11.8 Å². The van der Waals surface area contributed by atoms with Gasteiger partial charge in [-0.15, -0.1) is 10.2 Å². The number of piperazine rings is 1. The monoisotopic (exact) mass is 471 g/mol. The maximum absolute atomic E-state index is 14.0. The summed E-state index contributed by atoms with van der Waals surface area (Å²) in [4.78, 5) is 26.9. The van der Waals surface area contributed by atoms with Crippen molar-refractivity contribution in [3.63, 3.8) is 0 Å². The van der Waals surface area contributed by atoms with Crippen molar-refractivity contribution < 1.29 is 27.2 Å². The zero-order valence-electron chi connectivity index (χ0n) is 17.8. The van der Waals surface area contributed by atoms with E-state index in [2.05, 4.69) is 20.8 Å². The molecular weight excluding hydrogens is 451 g/mol. The molecule has 1 aromatic heterocycles. The number of carbonyl (C=O) groups is 2. The topological polar surface area (TPSA) is 100 Å². The van der Waals surface area contributed by atoms with Gasteiger partial charge in [0, 0.05) is 43.2 Å². The Morgan fingerprint density at radius 3 is 2.68 bits per heavy atom. The van der Waals surface area contributed by atoms with Crippen LogP contribution in [0.2, 0.25) is 0 Å². The molecular formula is C23H20F3N5O3. The predicted octanol–water partition coefficient (Wildman–Crippen LogP) is 2.07. The number of halogens is 3. The lowest BCUT2D eigenvalue weighted by Crippen LogP contribution is -2.58. The number of aromatic nitrogens is 2. The normalized spacial score (nSPS) is 22.3. The van der Waals surface area contributed by atoms with Crippen LogP contribution in [0.25, 0.3) is 11.5 Å². The Kier molecular flexibility index (Phi) is 5.78. The summed E-state index contributed by atoms with van der Waals surface area (Å²) in [7, 11) is 0. The first kappa shape index (κ1) is 22.1. The Balaban J connectivity index is 1.28. The number of fused-ring (bicyclic) bond motifs is 1. The molecule has 2 fully saturated rings. The van der Waals surface area contributed by atoms with Gasteiger partial charge in [-0.1, -0.05) is 12.1 Å². The molecule has 11 heteroatoms. The van der Waals surface area contributed by atoms with Gasteiger partial charge in [-0.3, -0.25) is 14.5 Å². The second-order valence-electron chi connectivity index (χ2n) is 8.36. The van der Waals surface area contributed by atoms with Crippen molar-refractivity contribution in [1.82, 2.24) is 25.7 Å². The summed E-state index contributed by atoms with van der Waals surface area (Å²) in [5.41, 5.74) is 0.0729. The maximum atomic E-state index is 14.0. The minimum absolute atomic E-state index is 0.0679. The first-order valence-electron chi connectivity index (χ1n) is 10.7. The third-order valence-corrected chi connectivity index (χ3v) is 6.06. The van der Waals surface area contributed by atoms with E-state index in [0.717, 1.165) is 12.1 Å². The molecule has 3 aromatic rings. The van der Waals surface area contributed by atoms with Crippen molar-refractivity contribution in [1.29, 1.82) is 0 Å². The average molecular weight is 471 g/mol. The number of benzene rings is 2. The molecule has 8 nitrogen and oxygen atoms in total. The predicted molar refractivity (Wildman–Crippen MR) is 113 cm³/mol. The molecule has 5 rings (SSSR count). The number of hydrogen-bond donors (Lipinski definition) is 2. The fraction of sp³-hybridized carbons (Fsp3) is 0.304. The van der Waals surface area contributed by atoms with E-state index in [0.29, 0.717) is 37.9 Å². The first-order valence-corrected chi connectivity index (χ1v) is 10.7. The molecule has 0 unspecified atom stereocenters. The van der Waals surface area contributed by atoms with Crippen LogP contribution in [0.1, 0.15) is 22.7 Å². The van der Waals surface area contributed by atoms with E-state index < -0.39 is 35.4 Å². The van der Waals surface area contributed by atoms with Crippen LogP contribution in [0.15, 0.2) is 46.9 Å². The Hall–Kier alpha value is -3.73. The van der Waals surface area contributed by atoms with Gasteiger partial charge in [0.2, 0.25) is 11.8 Å². The molecule has 0 bridgehead atoms. The van der Waals surface area contributed by atoms with Crippen LogP contribution in [0.4, 0.5) is 13.2 Å². The summed E-state index contributed by atoms with van der Waals surface area (Å²) in [6.07, 6.45) is 0.657. The lowest BCUT2D eigenvalue weighted by molar-refractivity contribution is -0.129. The summed E-state index contributed by atoms with van der Waals surface area (Å²) in [5, 5.41) is 13.6. The van der Waals surface area contributed by atoms with Crippen LogP contribution in [0.5, 0.6) is 0 Å². The molecule has 2 saturated heterocycles. The molecule has 2 amide bonds. The SMILES string of the molecule is O=C(N[C@H]1C[C@H]2C(=O)NC[C@@H](Cc3nnc(-c4ccccc4F)o3)N2C1)c1cc(F)cc(F)c1. The molecule has 176 valence electrons. The molecule has 0 saturated carbocycles. The van der Waals surface area contributed by atoms with Crippen LogP contribution in [-0.4, -0.2) is 58.1 Å². The number of hydrogen-bond acceptors (Lipinski definition) is 6. The number of carbonyl (C=O) groups excluding carboxylic acids is 2. The molecule has 34 heavy (non-hydrogen) atoms. The lowest BCUT2D eigenvalue weighted by atomic mass is 10.1. The van der Waals surface area contributed by atoms with E-state index in [-0.39, 0.29) is 29.0 Å². The molecule has 0 radical (unpaired) electrons. The van der Waals surface area contributed by atoms with E-state index in [1.807, 2.05) is 4.90 Å². The number of nitrogens with one attached hydrogen (secondary N) is 2. The van der Waals surface area contributed by atoms with Crippen molar-refractivity contribution in [3.8, 4) is 11.5 Å². The van der Waals surface area contributed by atoms with Gasteiger partial charge in [-0.2, -0.15) is 0 Å². The zero-order valence-corrected chi connectivity index (χ0v) is 17.8. The van der Waals surface area contributed by atoms with E-state index in [1.165, 1.54) is 6.07 Å². The third kappa shape index (κ3) is 4.38. The second kappa shape index (κ2) is 8.90. The number of rotatable bonds is 5. The number of nitrogens with zero attached hydrogens (tertiary/aromatic N) is 3. The first-order chi connectivity index (χ1) is 16.4. The van der Waals surface area contributed by atoms with Crippen LogP contribution in [-0.2, 0) is 11.2 Å². The molecule has 0 aliphatic carbocycles. The van der Waals surface area contributed by atoms with Gasteiger partial charge in [0.15, 0.2) is 0 Å². The Bertz CT molecular complexity index is 1230. The Morgan fingerprint density at radius 1 is 1.15 bits per heavy atom. The highest BCUT2D eigenvalue weighted by atomic mass is 19.1. The molecule has 2 N–H and O–H groups in total. The summed E-state index contributed by atoms with van der Waals surface area (Å²) in [6.45, 7) is 0.698. The van der Waals surface area contributed by atoms with E-state index in [1.54, 1.807) is 18.2 Å². The van der Waals surface area contributed by atoms with Gasteiger partial charge in [0.25, 0.3) is 11.8 Å². The standard InChI is InChI=1S/C23H20F3N5O3/c24-13-5-12(6-14(25)7-13)21(32)28-15-8-19-22(33)27-10-16(31(19)11-15)9-20-29-30-23(34-20)17-3-1-2-4-18(17)26/h1-7,15-16,19H,8-11H2,(H,27,33)(H,28,32)/t15-,16+,19-/m0/s1. The minimum Gasteiger partial charge on any atom is -0.421 e. The van der Waals surface area contributed by atoms with Crippen LogP contribution < -0.4 is 10.6 Å². The van der Waals surface area contributed by atoms with Crippen molar-refractivity contribution in [2.24, 2.45) is 0 Å². The third-order valence-electron chi connectivity index (χ3n) is 6.06. The second-order valence-corrected chi connectivity index (χ2v) is 8.36. The van der Waals surface area contributed by atoms with Gasteiger partial charge in [-0.25, -0.2) is 13.2 Å². The average Bonchev–Trinajstić information content (AvgIpc) is 3.43. The van der Waals surface area contributed by atoms with Crippen molar-refractivity contribution in [2.45, 2.75) is 31.0 Å². The van der Waals surface area contributed by atoms with E-state index in [4.69, 9.17) is 4.42 Å². The van der Waals surface area contributed by atoms with Crippen LogP contribution in [0.3, 0.4) is 0 Å². The Labute approximate surface area is 192 Å². The minimum atomic E-state index is -0.845. The maximum Gasteiger partial charge on any atom is 0.251 e. The fourth-order valence-corrected chi connectivity index (χ4v) is 4.50. The van der Waals surface area contributed by atoms with Gasteiger partial charge >= 0.3 is 0 Å². The van der Waals surface area contributed by atoms with E-state index >= 15 is 0 Å². The molecule has 3 heterocycles. The quantitative estimate of drug-likeness (QED) is 0.591. The van der Waals surface area contributed by atoms with Crippen LogP contribution in [0, 0.1) is 17.5 Å². The summed E-state index contributed by atoms with van der Waals surface area (Å²) >= 11 is 0. The lowest BCUT2D eigenvalue weighted by Gasteiger charge is -2.36. The molecule has 2 aromatic carbocycles. The van der Waals surface area contributed by atoms with Crippen molar-refractivity contribution in [3.05, 3.63) is 71.4 Å². The highest BCUT2D eigenvalue weighted by Gasteiger charge is 2.44. The molecule has 0 spiro atoms. The highest BCUT2D eigenvalue weighted by molar-refractivity contribution is 5.94. The van der Waals surface area contributed by atoms with Gasteiger partial charge < -0.3 is 15.1 Å².